The Morgan fingerprint density at radius 2 is 2.42 bits per heavy atom. The lowest BCUT2D eigenvalue weighted by atomic mass is 10.0. The normalized spacial score (nSPS) is 20.2. The average Bonchev–Trinajstić information content (AvgIpc) is 2.41. The molecule has 0 amide bonds. The van der Waals surface area contributed by atoms with Crippen molar-refractivity contribution in [1.82, 2.24) is 9.88 Å². The summed E-state index contributed by atoms with van der Waals surface area (Å²) in [4.78, 5) is 17.3. The lowest BCUT2D eigenvalue weighted by Gasteiger charge is -2.32. The first kappa shape index (κ1) is 13.8. The number of carboxylic acids is 1. The standard InChI is InChI=1S/C14H20N2O3/c1-16-8-3-2-4-11(16)6-9-19-13-10-15-7-5-12(13)14(17)18/h5,7,10-11H,2-4,6,8-9H2,1H3,(H,17,18). The fourth-order valence-electron chi connectivity index (χ4n) is 2.49. The number of piperidine rings is 1. The fourth-order valence-corrected chi connectivity index (χ4v) is 2.49. The van der Waals surface area contributed by atoms with Crippen molar-refractivity contribution in [2.75, 3.05) is 20.2 Å². The van der Waals surface area contributed by atoms with Crippen molar-refractivity contribution in [3.63, 3.8) is 0 Å². The van der Waals surface area contributed by atoms with Gasteiger partial charge in [0.1, 0.15) is 5.56 Å². The largest absolute Gasteiger partial charge is 0.491 e. The molecule has 1 N–H and O–H groups in total. The summed E-state index contributed by atoms with van der Waals surface area (Å²) >= 11 is 0. The van der Waals surface area contributed by atoms with Gasteiger partial charge < -0.3 is 14.7 Å². The minimum absolute atomic E-state index is 0.173. The number of hydrogen-bond donors (Lipinski definition) is 1. The number of carboxylic acid groups (broad SMARTS) is 1. The number of hydrogen-bond acceptors (Lipinski definition) is 4. The van der Waals surface area contributed by atoms with E-state index >= 15 is 0 Å². The first-order valence-corrected chi connectivity index (χ1v) is 6.69. The zero-order valence-corrected chi connectivity index (χ0v) is 11.2. The van der Waals surface area contributed by atoms with Gasteiger partial charge in [0, 0.05) is 12.2 Å². The van der Waals surface area contributed by atoms with E-state index in [-0.39, 0.29) is 5.56 Å². The third-order valence-electron chi connectivity index (χ3n) is 3.65. The summed E-state index contributed by atoms with van der Waals surface area (Å²) in [6.07, 6.45) is 7.57. The van der Waals surface area contributed by atoms with E-state index in [2.05, 4.69) is 16.9 Å². The Bertz CT molecular complexity index is 436. The van der Waals surface area contributed by atoms with Gasteiger partial charge in [0.2, 0.25) is 0 Å². The SMILES string of the molecule is CN1CCCCC1CCOc1cnccc1C(=O)O. The molecule has 1 unspecified atom stereocenters. The van der Waals surface area contributed by atoms with Gasteiger partial charge in [-0.05, 0) is 38.9 Å². The molecular formula is C14H20N2O3. The summed E-state index contributed by atoms with van der Waals surface area (Å²) < 4.78 is 5.58. The third-order valence-corrected chi connectivity index (χ3v) is 3.65. The molecule has 0 bridgehead atoms. The molecule has 0 aromatic carbocycles. The Morgan fingerprint density at radius 1 is 1.58 bits per heavy atom. The molecule has 104 valence electrons. The quantitative estimate of drug-likeness (QED) is 0.881. The molecule has 1 aliphatic rings. The van der Waals surface area contributed by atoms with Crippen LogP contribution in [0.2, 0.25) is 0 Å². The topological polar surface area (TPSA) is 62.7 Å². The summed E-state index contributed by atoms with van der Waals surface area (Å²) in [5, 5.41) is 9.04. The summed E-state index contributed by atoms with van der Waals surface area (Å²) in [6.45, 7) is 1.67. The van der Waals surface area contributed by atoms with Crippen molar-refractivity contribution < 1.29 is 14.6 Å². The molecule has 0 spiro atoms. The lowest BCUT2D eigenvalue weighted by molar-refractivity contribution is 0.0691. The highest BCUT2D eigenvalue weighted by Gasteiger charge is 2.19. The molecule has 1 atom stereocenters. The zero-order valence-electron chi connectivity index (χ0n) is 11.2. The number of aromatic carboxylic acids is 1. The molecular weight excluding hydrogens is 244 g/mol. The molecule has 1 aliphatic heterocycles. The average molecular weight is 264 g/mol. The van der Waals surface area contributed by atoms with Gasteiger partial charge in [0.05, 0.1) is 12.8 Å². The molecule has 1 saturated heterocycles. The van der Waals surface area contributed by atoms with Crippen LogP contribution in [0.25, 0.3) is 0 Å². The Morgan fingerprint density at radius 3 is 3.16 bits per heavy atom. The van der Waals surface area contributed by atoms with Crippen molar-refractivity contribution in [3.05, 3.63) is 24.0 Å². The predicted molar refractivity (Wildman–Crippen MR) is 71.6 cm³/mol. The number of likely N-dealkylation sites (tertiary alicyclic amines) is 1. The molecule has 2 heterocycles. The number of nitrogens with zero attached hydrogens (tertiary/aromatic N) is 2. The highest BCUT2D eigenvalue weighted by atomic mass is 16.5. The van der Waals surface area contributed by atoms with Crippen LogP contribution in [0.5, 0.6) is 5.75 Å². The van der Waals surface area contributed by atoms with E-state index in [4.69, 9.17) is 9.84 Å². The molecule has 1 fully saturated rings. The number of carbonyl (C=O) groups is 1. The monoisotopic (exact) mass is 264 g/mol. The second-order valence-electron chi connectivity index (χ2n) is 4.94. The smallest absolute Gasteiger partial charge is 0.339 e. The second-order valence-corrected chi connectivity index (χ2v) is 4.94. The van der Waals surface area contributed by atoms with E-state index in [9.17, 15) is 4.79 Å². The Hall–Kier alpha value is -1.62. The number of aromatic nitrogens is 1. The number of ether oxygens (including phenoxy) is 1. The fraction of sp³-hybridized carbons (Fsp3) is 0.571. The molecule has 0 saturated carbocycles. The van der Waals surface area contributed by atoms with Crippen molar-refractivity contribution in [3.8, 4) is 5.75 Å². The first-order valence-electron chi connectivity index (χ1n) is 6.69. The molecule has 1 aromatic heterocycles. The van der Waals surface area contributed by atoms with Crippen LogP contribution in [-0.4, -0.2) is 47.2 Å². The van der Waals surface area contributed by atoms with Crippen LogP contribution in [0.4, 0.5) is 0 Å². The van der Waals surface area contributed by atoms with Crippen LogP contribution in [0.3, 0.4) is 0 Å². The van der Waals surface area contributed by atoms with E-state index < -0.39 is 5.97 Å². The van der Waals surface area contributed by atoms with Crippen LogP contribution >= 0.6 is 0 Å². The van der Waals surface area contributed by atoms with Gasteiger partial charge in [0.15, 0.2) is 5.75 Å². The van der Waals surface area contributed by atoms with E-state index in [0.29, 0.717) is 18.4 Å². The van der Waals surface area contributed by atoms with Crippen molar-refractivity contribution in [1.29, 1.82) is 0 Å². The van der Waals surface area contributed by atoms with E-state index in [0.717, 1.165) is 13.0 Å². The van der Waals surface area contributed by atoms with Gasteiger partial charge in [-0.15, -0.1) is 0 Å². The van der Waals surface area contributed by atoms with E-state index in [1.165, 1.54) is 37.7 Å². The molecule has 5 nitrogen and oxygen atoms in total. The third kappa shape index (κ3) is 3.67. The summed E-state index contributed by atoms with van der Waals surface area (Å²) in [5.74, 6) is -0.624. The highest BCUT2D eigenvalue weighted by Crippen LogP contribution is 2.20. The van der Waals surface area contributed by atoms with Gasteiger partial charge >= 0.3 is 5.97 Å². The molecule has 19 heavy (non-hydrogen) atoms. The molecule has 5 heteroatoms. The van der Waals surface area contributed by atoms with Crippen molar-refractivity contribution in [2.45, 2.75) is 31.7 Å². The summed E-state index contributed by atoms with van der Waals surface area (Å²) in [5.41, 5.74) is 0.173. The maximum Gasteiger partial charge on any atom is 0.339 e. The van der Waals surface area contributed by atoms with Crippen molar-refractivity contribution >= 4 is 5.97 Å². The van der Waals surface area contributed by atoms with Crippen LogP contribution < -0.4 is 4.74 Å². The van der Waals surface area contributed by atoms with Crippen LogP contribution in [0.15, 0.2) is 18.5 Å². The second kappa shape index (κ2) is 6.52. The van der Waals surface area contributed by atoms with Gasteiger partial charge in [-0.1, -0.05) is 6.42 Å². The van der Waals surface area contributed by atoms with Crippen LogP contribution in [0.1, 0.15) is 36.0 Å². The lowest BCUT2D eigenvalue weighted by Crippen LogP contribution is -2.37. The van der Waals surface area contributed by atoms with Gasteiger partial charge in [-0.3, -0.25) is 4.98 Å². The van der Waals surface area contributed by atoms with Gasteiger partial charge in [-0.25, -0.2) is 4.79 Å². The molecule has 2 rings (SSSR count). The molecule has 0 radical (unpaired) electrons. The van der Waals surface area contributed by atoms with Gasteiger partial charge in [-0.2, -0.15) is 0 Å². The maximum atomic E-state index is 11.0. The number of pyridine rings is 1. The molecule has 0 aliphatic carbocycles. The minimum Gasteiger partial charge on any atom is -0.491 e. The Labute approximate surface area is 113 Å². The number of rotatable bonds is 5. The predicted octanol–water partition coefficient (Wildman–Crippen LogP) is 2.03. The van der Waals surface area contributed by atoms with Crippen molar-refractivity contribution in [2.24, 2.45) is 0 Å². The van der Waals surface area contributed by atoms with Crippen LogP contribution in [0, 0.1) is 0 Å². The van der Waals surface area contributed by atoms with E-state index in [1.807, 2.05) is 0 Å². The Kier molecular flexibility index (Phi) is 4.74. The first-order chi connectivity index (χ1) is 9.18. The van der Waals surface area contributed by atoms with Crippen LogP contribution in [-0.2, 0) is 0 Å². The maximum absolute atomic E-state index is 11.0. The van der Waals surface area contributed by atoms with E-state index in [1.54, 1.807) is 0 Å². The zero-order chi connectivity index (χ0) is 13.7. The van der Waals surface area contributed by atoms with Gasteiger partial charge in [0.25, 0.3) is 0 Å². The summed E-state index contributed by atoms with van der Waals surface area (Å²) in [6, 6.07) is 2.00. The Balaban J connectivity index is 1.87. The summed E-state index contributed by atoms with van der Waals surface area (Å²) in [7, 11) is 2.14. The highest BCUT2D eigenvalue weighted by molar-refractivity contribution is 5.90. The minimum atomic E-state index is -0.979. The molecule has 1 aromatic rings.